The molecule has 1 heterocycles. The van der Waals surface area contributed by atoms with Crippen molar-refractivity contribution in [3.05, 3.63) is 59.4 Å². The average molecular weight is 311 g/mol. The fourth-order valence-corrected chi connectivity index (χ4v) is 3.66. The molecule has 2 rings (SSSR count). The number of nitrogens with zero attached hydrogens (tertiary/aromatic N) is 1. The van der Waals surface area contributed by atoms with Crippen molar-refractivity contribution in [2.45, 2.75) is 24.3 Å². The van der Waals surface area contributed by atoms with Gasteiger partial charge in [0.15, 0.2) is 0 Å². The third-order valence-electron chi connectivity index (χ3n) is 2.92. The predicted octanol–water partition coefficient (Wildman–Crippen LogP) is 3.16. The fraction of sp³-hybridized carbons (Fsp3) is 0.214. The zero-order valence-electron chi connectivity index (χ0n) is 11.0. The lowest BCUT2D eigenvalue weighted by atomic mass is 10.1. The summed E-state index contributed by atoms with van der Waals surface area (Å²) in [5.41, 5.74) is 0.915. The highest BCUT2D eigenvalue weighted by Crippen LogP contribution is 2.23. The Morgan fingerprint density at radius 2 is 1.90 bits per heavy atom. The second-order valence-corrected chi connectivity index (χ2v) is 6.33. The molecule has 1 N–H and O–H groups in total. The number of hydrogen-bond acceptors (Lipinski definition) is 3. The minimum absolute atomic E-state index is 0.00366. The molecule has 0 saturated heterocycles. The van der Waals surface area contributed by atoms with Gasteiger partial charge in [-0.05, 0) is 24.1 Å². The van der Waals surface area contributed by atoms with E-state index in [-0.39, 0.29) is 16.1 Å². The van der Waals surface area contributed by atoms with Gasteiger partial charge in [0.25, 0.3) is 0 Å². The molecule has 4 nitrogen and oxygen atoms in total. The van der Waals surface area contributed by atoms with Gasteiger partial charge < -0.3 is 0 Å². The van der Waals surface area contributed by atoms with Crippen LogP contribution in [0.25, 0.3) is 0 Å². The molecule has 1 aromatic carbocycles. The lowest BCUT2D eigenvalue weighted by Crippen LogP contribution is -2.28. The molecule has 0 bridgehead atoms. The summed E-state index contributed by atoms with van der Waals surface area (Å²) >= 11 is 5.85. The van der Waals surface area contributed by atoms with E-state index in [1.54, 1.807) is 6.07 Å². The Labute approximate surface area is 123 Å². The fourth-order valence-electron chi connectivity index (χ4n) is 1.89. The SMILES string of the molecule is CCC(NS(=O)(=O)c1cccnc1Cl)c1ccccc1. The van der Waals surface area contributed by atoms with Crippen LogP contribution in [-0.4, -0.2) is 13.4 Å². The van der Waals surface area contributed by atoms with Gasteiger partial charge in [-0.1, -0.05) is 48.9 Å². The molecule has 0 radical (unpaired) electrons. The van der Waals surface area contributed by atoms with Gasteiger partial charge in [-0.15, -0.1) is 0 Å². The van der Waals surface area contributed by atoms with Gasteiger partial charge in [-0.2, -0.15) is 0 Å². The molecule has 0 saturated carbocycles. The number of benzene rings is 1. The molecule has 0 aliphatic rings. The Hall–Kier alpha value is -1.43. The smallest absolute Gasteiger partial charge is 0.243 e. The lowest BCUT2D eigenvalue weighted by Gasteiger charge is -2.17. The Morgan fingerprint density at radius 1 is 1.20 bits per heavy atom. The zero-order valence-corrected chi connectivity index (χ0v) is 12.5. The van der Waals surface area contributed by atoms with Crippen molar-refractivity contribution in [1.29, 1.82) is 0 Å². The molecule has 0 fully saturated rings. The molecule has 106 valence electrons. The summed E-state index contributed by atoms with van der Waals surface area (Å²) in [7, 11) is -3.69. The molecule has 0 aliphatic heterocycles. The van der Waals surface area contributed by atoms with Crippen molar-refractivity contribution in [3.8, 4) is 0 Å². The molecule has 2 aromatic rings. The molecule has 0 aliphatic carbocycles. The summed E-state index contributed by atoms with van der Waals surface area (Å²) in [5, 5.41) is -0.0251. The molecule has 0 amide bonds. The van der Waals surface area contributed by atoms with Gasteiger partial charge in [-0.3, -0.25) is 0 Å². The van der Waals surface area contributed by atoms with Crippen molar-refractivity contribution in [2.24, 2.45) is 0 Å². The van der Waals surface area contributed by atoms with Crippen LogP contribution in [0.1, 0.15) is 24.9 Å². The molecule has 1 aromatic heterocycles. The van der Waals surface area contributed by atoms with Gasteiger partial charge in [0.2, 0.25) is 10.0 Å². The Bertz CT molecular complexity index is 675. The van der Waals surface area contributed by atoms with E-state index in [4.69, 9.17) is 11.6 Å². The number of sulfonamides is 1. The molecule has 6 heteroatoms. The molecule has 1 atom stereocenters. The molecular weight excluding hydrogens is 296 g/mol. The lowest BCUT2D eigenvalue weighted by molar-refractivity contribution is 0.550. The first-order chi connectivity index (χ1) is 9.54. The highest BCUT2D eigenvalue weighted by Gasteiger charge is 2.22. The minimum Gasteiger partial charge on any atom is -0.243 e. The van der Waals surface area contributed by atoms with E-state index in [2.05, 4.69) is 9.71 Å². The van der Waals surface area contributed by atoms with E-state index >= 15 is 0 Å². The van der Waals surface area contributed by atoms with Crippen LogP contribution in [0.15, 0.2) is 53.6 Å². The Morgan fingerprint density at radius 3 is 2.50 bits per heavy atom. The highest BCUT2D eigenvalue weighted by atomic mass is 35.5. The van der Waals surface area contributed by atoms with E-state index in [0.29, 0.717) is 6.42 Å². The van der Waals surface area contributed by atoms with Crippen LogP contribution >= 0.6 is 11.6 Å². The second kappa shape index (κ2) is 6.35. The maximum Gasteiger partial charge on any atom is 0.244 e. The number of pyridine rings is 1. The van der Waals surface area contributed by atoms with E-state index in [1.807, 2.05) is 37.3 Å². The minimum atomic E-state index is -3.69. The standard InChI is InChI=1S/C14H15ClN2O2S/c1-2-12(11-7-4-3-5-8-11)17-20(18,19)13-9-6-10-16-14(13)15/h3-10,12,17H,2H2,1H3. The number of hydrogen-bond donors (Lipinski definition) is 1. The predicted molar refractivity (Wildman–Crippen MR) is 79.0 cm³/mol. The van der Waals surface area contributed by atoms with Crippen molar-refractivity contribution in [3.63, 3.8) is 0 Å². The first-order valence-electron chi connectivity index (χ1n) is 6.22. The molecular formula is C14H15ClN2O2S. The topological polar surface area (TPSA) is 59.1 Å². The third kappa shape index (κ3) is 3.36. The summed E-state index contributed by atoms with van der Waals surface area (Å²) in [4.78, 5) is 3.79. The van der Waals surface area contributed by atoms with Crippen LogP contribution in [0.3, 0.4) is 0 Å². The first-order valence-corrected chi connectivity index (χ1v) is 8.08. The number of aromatic nitrogens is 1. The van der Waals surface area contributed by atoms with Crippen LogP contribution in [0.4, 0.5) is 0 Å². The Balaban J connectivity index is 2.30. The monoisotopic (exact) mass is 310 g/mol. The van der Waals surface area contributed by atoms with Crippen LogP contribution in [0, 0.1) is 0 Å². The maximum absolute atomic E-state index is 12.4. The van der Waals surface area contributed by atoms with Crippen LogP contribution < -0.4 is 4.72 Å². The van der Waals surface area contributed by atoms with E-state index < -0.39 is 10.0 Å². The van der Waals surface area contributed by atoms with Crippen molar-refractivity contribution >= 4 is 21.6 Å². The second-order valence-electron chi connectivity index (χ2n) is 4.29. The van der Waals surface area contributed by atoms with Gasteiger partial charge in [0.1, 0.15) is 10.0 Å². The van der Waals surface area contributed by atoms with Crippen LogP contribution in [-0.2, 0) is 10.0 Å². The van der Waals surface area contributed by atoms with Gasteiger partial charge >= 0.3 is 0 Å². The summed E-state index contributed by atoms with van der Waals surface area (Å²) in [6, 6.07) is 12.1. The van der Waals surface area contributed by atoms with E-state index in [0.717, 1.165) is 5.56 Å². The van der Waals surface area contributed by atoms with E-state index in [1.165, 1.54) is 12.3 Å². The third-order valence-corrected chi connectivity index (χ3v) is 4.84. The number of nitrogens with one attached hydrogen (secondary N) is 1. The zero-order chi connectivity index (χ0) is 14.6. The van der Waals surface area contributed by atoms with Gasteiger partial charge in [0, 0.05) is 12.2 Å². The summed E-state index contributed by atoms with van der Waals surface area (Å²) in [6.07, 6.45) is 2.09. The van der Waals surface area contributed by atoms with Gasteiger partial charge in [-0.25, -0.2) is 18.1 Å². The van der Waals surface area contributed by atoms with Crippen LogP contribution in [0.2, 0.25) is 5.15 Å². The van der Waals surface area contributed by atoms with Crippen molar-refractivity contribution in [2.75, 3.05) is 0 Å². The maximum atomic E-state index is 12.4. The quantitative estimate of drug-likeness (QED) is 0.863. The van der Waals surface area contributed by atoms with E-state index in [9.17, 15) is 8.42 Å². The average Bonchev–Trinajstić information content (AvgIpc) is 2.46. The summed E-state index contributed by atoms with van der Waals surface area (Å²) in [6.45, 7) is 1.92. The normalized spacial score (nSPS) is 13.1. The Kier molecular flexibility index (Phi) is 4.75. The molecule has 20 heavy (non-hydrogen) atoms. The first kappa shape index (κ1) is 15.0. The van der Waals surface area contributed by atoms with Gasteiger partial charge in [0.05, 0.1) is 0 Å². The largest absolute Gasteiger partial charge is 0.244 e. The van der Waals surface area contributed by atoms with Crippen molar-refractivity contribution in [1.82, 2.24) is 9.71 Å². The summed E-state index contributed by atoms with van der Waals surface area (Å²) < 4.78 is 27.4. The number of rotatable bonds is 5. The van der Waals surface area contributed by atoms with Crippen LogP contribution in [0.5, 0.6) is 0 Å². The van der Waals surface area contributed by atoms with Crippen molar-refractivity contribution < 1.29 is 8.42 Å². The summed E-state index contributed by atoms with van der Waals surface area (Å²) in [5.74, 6) is 0. The number of halogens is 1. The molecule has 0 spiro atoms. The highest BCUT2D eigenvalue weighted by molar-refractivity contribution is 7.89. The molecule has 1 unspecified atom stereocenters.